The molecule has 0 aliphatic carbocycles. The van der Waals surface area contributed by atoms with Crippen LogP contribution < -0.4 is 4.90 Å². The van der Waals surface area contributed by atoms with E-state index in [9.17, 15) is 0 Å². The Kier molecular flexibility index (Phi) is 7.97. The van der Waals surface area contributed by atoms with E-state index in [0.717, 1.165) is 15.4 Å². The highest BCUT2D eigenvalue weighted by Crippen LogP contribution is 2.39. The first-order chi connectivity index (χ1) is 14.0. The third kappa shape index (κ3) is 5.73. The summed E-state index contributed by atoms with van der Waals surface area (Å²) < 4.78 is 2.21. The number of halogens is 2. The van der Waals surface area contributed by atoms with Crippen molar-refractivity contribution in [1.29, 1.82) is 0 Å². The van der Waals surface area contributed by atoms with Gasteiger partial charge in [0, 0.05) is 26.0 Å². The van der Waals surface area contributed by atoms with Crippen LogP contribution in [-0.2, 0) is 6.42 Å². The van der Waals surface area contributed by atoms with Crippen LogP contribution in [-0.4, -0.2) is 0 Å². The van der Waals surface area contributed by atoms with E-state index in [1.807, 2.05) is 0 Å². The Hall–Kier alpha value is -1.58. The molecule has 0 fully saturated rings. The summed E-state index contributed by atoms with van der Waals surface area (Å²) in [5, 5.41) is 0. The van der Waals surface area contributed by atoms with Crippen LogP contribution in [0.2, 0.25) is 0 Å². The predicted octanol–water partition coefficient (Wildman–Crippen LogP) is 9.42. The van der Waals surface area contributed by atoms with E-state index in [0.29, 0.717) is 0 Å². The largest absolute Gasteiger partial charge is 0.310 e. The normalized spacial score (nSPS) is 10.9. The SMILES string of the molecule is CCCCCCc1ccc(N(c2ccc(Br)cc2C)c2ccc(Br)cc2C)cc1. The van der Waals surface area contributed by atoms with Crippen LogP contribution in [0.1, 0.15) is 49.3 Å². The number of hydrogen-bond acceptors (Lipinski definition) is 1. The maximum absolute atomic E-state index is 3.60. The van der Waals surface area contributed by atoms with Crippen LogP contribution in [0, 0.1) is 13.8 Å². The minimum absolute atomic E-state index is 1.11. The van der Waals surface area contributed by atoms with Crippen molar-refractivity contribution in [3.8, 4) is 0 Å². The molecule has 0 saturated heterocycles. The second-order valence-electron chi connectivity index (χ2n) is 7.67. The molecule has 0 aromatic heterocycles. The number of rotatable bonds is 8. The summed E-state index contributed by atoms with van der Waals surface area (Å²) in [4.78, 5) is 2.37. The van der Waals surface area contributed by atoms with Gasteiger partial charge in [-0.25, -0.2) is 0 Å². The summed E-state index contributed by atoms with van der Waals surface area (Å²) in [6.07, 6.45) is 6.37. The zero-order chi connectivity index (χ0) is 20.8. The molecule has 3 heteroatoms. The fraction of sp³-hybridized carbons (Fsp3) is 0.308. The molecule has 0 N–H and O–H groups in total. The molecule has 0 bridgehead atoms. The van der Waals surface area contributed by atoms with Gasteiger partial charge in [-0.05, 0) is 91.9 Å². The van der Waals surface area contributed by atoms with Crippen LogP contribution in [0.15, 0.2) is 69.6 Å². The van der Waals surface area contributed by atoms with Crippen LogP contribution in [0.3, 0.4) is 0 Å². The molecule has 0 unspecified atom stereocenters. The molecule has 29 heavy (non-hydrogen) atoms. The van der Waals surface area contributed by atoms with Crippen molar-refractivity contribution in [2.45, 2.75) is 52.9 Å². The van der Waals surface area contributed by atoms with Crippen molar-refractivity contribution in [2.24, 2.45) is 0 Å². The van der Waals surface area contributed by atoms with Gasteiger partial charge in [0.1, 0.15) is 0 Å². The topological polar surface area (TPSA) is 3.24 Å². The fourth-order valence-electron chi connectivity index (χ4n) is 3.72. The van der Waals surface area contributed by atoms with Gasteiger partial charge in [0.2, 0.25) is 0 Å². The zero-order valence-electron chi connectivity index (χ0n) is 17.5. The summed E-state index contributed by atoms with van der Waals surface area (Å²) in [5.74, 6) is 0. The first-order valence-corrected chi connectivity index (χ1v) is 12.0. The van der Waals surface area contributed by atoms with Gasteiger partial charge in [-0.3, -0.25) is 0 Å². The maximum atomic E-state index is 3.60. The third-order valence-electron chi connectivity index (χ3n) is 5.31. The van der Waals surface area contributed by atoms with Gasteiger partial charge in [-0.1, -0.05) is 70.2 Å². The standard InChI is InChI=1S/C26H29Br2N/c1-4-5-6-7-8-21-9-13-24(14-10-21)29(25-15-11-22(27)17-19(25)2)26-16-12-23(28)18-20(26)3/h9-18H,4-8H2,1-3H3. The maximum Gasteiger partial charge on any atom is 0.0491 e. The van der Waals surface area contributed by atoms with Crippen LogP contribution in [0.5, 0.6) is 0 Å². The Morgan fingerprint density at radius 2 is 1.24 bits per heavy atom. The lowest BCUT2D eigenvalue weighted by molar-refractivity contribution is 0.667. The molecule has 3 aromatic carbocycles. The number of benzene rings is 3. The summed E-state index contributed by atoms with van der Waals surface area (Å²) in [5.41, 5.74) is 7.50. The lowest BCUT2D eigenvalue weighted by atomic mass is 10.0. The van der Waals surface area contributed by atoms with E-state index in [1.54, 1.807) is 0 Å². The Balaban J connectivity index is 1.97. The van der Waals surface area contributed by atoms with Gasteiger partial charge < -0.3 is 4.90 Å². The van der Waals surface area contributed by atoms with Gasteiger partial charge in [-0.2, -0.15) is 0 Å². The molecule has 0 atom stereocenters. The quantitative estimate of drug-likeness (QED) is 0.270. The van der Waals surface area contributed by atoms with E-state index in [1.165, 1.54) is 59.4 Å². The Labute approximate surface area is 192 Å². The molecule has 0 amide bonds. The fourth-order valence-corrected chi connectivity index (χ4v) is 4.67. The number of nitrogens with zero attached hydrogens (tertiary/aromatic N) is 1. The Bertz CT molecular complexity index is 896. The van der Waals surface area contributed by atoms with Gasteiger partial charge in [-0.15, -0.1) is 0 Å². The van der Waals surface area contributed by atoms with E-state index in [-0.39, 0.29) is 0 Å². The third-order valence-corrected chi connectivity index (χ3v) is 6.30. The second kappa shape index (κ2) is 10.4. The van der Waals surface area contributed by atoms with Crippen molar-refractivity contribution < 1.29 is 0 Å². The smallest absolute Gasteiger partial charge is 0.0491 e. The minimum atomic E-state index is 1.11. The average molecular weight is 515 g/mol. The van der Waals surface area contributed by atoms with Crippen molar-refractivity contribution >= 4 is 48.9 Å². The minimum Gasteiger partial charge on any atom is -0.310 e. The van der Waals surface area contributed by atoms with Gasteiger partial charge in [0.05, 0.1) is 0 Å². The van der Waals surface area contributed by atoms with E-state index in [2.05, 4.69) is 118 Å². The van der Waals surface area contributed by atoms with Gasteiger partial charge in [0.25, 0.3) is 0 Å². The molecule has 0 aliphatic rings. The number of unbranched alkanes of at least 4 members (excludes halogenated alkanes) is 3. The van der Waals surface area contributed by atoms with Crippen molar-refractivity contribution in [2.75, 3.05) is 4.90 Å². The highest BCUT2D eigenvalue weighted by atomic mass is 79.9. The summed E-state index contributed by atoms with van der Waals surface area (Å²) in [7, 11) is 0. The number of anilines is 3. The molecule has 3 rings (SSSR count). The molecule has 0 saturated carbocycles. The molecule has 0 spiro atoms. The first kappa shape index (κ1) is 22.1. The molecular weight excluding hydrogens is 486 g/mol. The second-order valence-corrected chi connectivity index (χ2v) is 9.51. The van der Waals surface area contributed by atoms with E-state index in [4.69, 9.17) is 0 Å². The molecule has 0 radical (unpaired) electrons. The summed E-state index contributed by atoms with van der Waals surface area (Å²) in [6, 6.07) is 22.1. The first-order valence-electron chi connectivity index (χ1n) is 10.4. The van der Waals surface area contributed by atoms with Crippen molar-refractivity contribution in [3.63, 3.8) is 0 Å². The molecule has 3 aromatic rings. The molecule has 152 valence electrons. The average Bonchev–Trinajstić information content (AvgIpc) is 2.69. The van der Waals surface area contributed by atoms with Gasteiger partial charge >= 0.3 is 0 Å². The van der Waals surface area contributed by atoms with Crippen molar-refractivity contribution in [3.05, 3.63) is 86.3 Å². The lowest BCUT2D eigenvalue weighted by Gasteiger charge is -2.29. The molecular formula is C26H29Br2N. The summed E-state index contributed by atoms with van der Waals surface area (Å²) in [6.45, 7) is 6.60. The number of hydrogen-bond donors (Lipinski definition) is 0. The Morgan fingerprint density at radius 3 is 1.72 bits per heavy atom. The van der Waals surface area contributed by atoms with Crippen LogP contribution >= 0.6 is 31.9 Å². The van der Waals surface area contributed by atoms with Gasteiger partial charge in [0.15, 0.2) is 0 Å². The molecule has 0 heterocycles. The monoisotopic (exact) mass is 513 g/mol. The van der Waals surface area contributed by atoms with E-state index >= 15 is 0 Å². The molecule has 1 nitrogen and oxygen atoms in total. The highest BCUT2D eigenvalue weighted by Gasteiger charge is 2.17. The van der Waals surface area contributed by atoms with Crippen LogP contribution in [0.4, 0.5) is 17.1 Å². The summed E-state index contributed by atoms with van der Waals surface area (Å²) >= 11 is 7.20. The Morgan fingerprint density at radius 1 is 0.690 bits per heavy atom. The number of aryl methyl sites for hydroxylation is 3. The zero-order valence-corrected chi connectivity index (χ0v) is 20.7. The van der Waals surface area contributed by atoms with Crippen molar-refractivity contribution in [1.82, 2.24) is 0 Å². The highest BCUT2D eigenvalue weighted by molar-refractivity contribution is 9.10. The molecule has 0 aliphatic heterocycles. The lowest BCUT2D eigenvalue weighted by Crippen LogP contribution is -2.12. The predicted molar refractivity (Wildman–Crippen MR) is 134 cm³/mol. The van der Waals surface area contributed by atoms with E-state index < -0.39 is 0 Å². The van der Waals surface area contributed by atoms with Crippen LogP contribution in [0.25, 0.3) is 0 Å².